The molecule has 1 spiro atoms. The lowest BCUT2D eigenvalue weighted by atomic mass is 9.79. The van der Waals surface area contributed by atoms with Gasteiger partial charge in [0, 0.05) is 56.2 Å². The van der Waals surface area contributed by atoms with Crippen molar-refractivity contribution in [3.63, 3.8) is 0 Å². The summed E-state index contributed by atoms with van der Waals surface area (Å²) in [7, 11) is 0. The third kappa shape index (κ3) is 4.96. The van der Waals surface area contributed by atoms with E-state index in [-0.39, 0.29) is 11.2 Å². The molecule has 11 nitrogen and oxygen atoms in total. The molecule has 6 aromatic rings. The average molecular weight is 610 g/mol. The summed E-state index contributed by atoms with van der Waals surface area (Å²) in [6.45, 7) is 4.76. The molecule has 1 aromatic carbocycles. The van der Waals surface area contributed by atoms with Gasteiger partial charge in [0.05, 0.1) is 34.9 Å². The monoisotopic (exact) mass is 609 g/mol. The molecule has 2 fully saturated rings. The van der Waals surface area contributed by atoms with E-state index in [1.165, 1.54) is 17.8 Å². The Balaban J connectivity index is 1.05. The van der Waals surface area contributed by atoms with Crippen molar-refractivity contribution >= 4 is 22.7 Å². The number of hydrogen-bond donors (Lipinski definition) is 1. The van der Waals surface area contributed by atoms with Gasteiger partial charge in [0.25, 0.3) is 0 Å². The number of halogens is 1. The van der Waals surface area contributed by atoms with Gasteiger partial charge in [0.1, 0.15) is 34.9 Å². The Hall–Kier alpha value is -5.80. The number of nitrogen functional groups attached to an aromatic ring is 1. The lowest BCUT2D eigenvalue weighted by Gasteiger charge is -2.48. The predicted molar refractivity (Wildman–Crippen MR) is 171 cm³/mol. The van der Waals surface area contributed by atoms with Gasteiger partial charge in [-0.05, 0) is 60.5 Å². The number of nitrogens with two attached hydrogens (primary N) is 1. The largest absolute Gasteiger partial charge is 0.383 e. The number of fused-ring (bicyclic) bond motifs is 1. The van der Waals surface area contributed by atoms with E-state index in [0.29, 0.717) is 34.1 Å². The van der Waals surface area contributed by atoms with Crippen molar-refractivity contribution in [1.29, 1.82) is 5.26 Å². The topological polar surface area (TPSA) is 139 Å². The zero-order chi connectivity index (χ0) is 31.3. The molecule has 0 amide bonds. The summed E-state index contributed by atoms with van der Waals surface area (Å²) in [6, 6.07) is 21.0. The summed E-state index contributed by atoms with van der Waals surface area (Å²) < 4.78 is 15.6. The number of nitriles is 1. The number of pyridine rings is 3. The number of rotatable bonds is 6. The number of likely N-dealkylation sites (tertiary alicyclic amines) is 1. The van der Waals surface area contributed by atoms with Crippen LogP contribution in [0.5, 0.6) is 0 Å². The lowest BCUT2D eigenvalue weighted by molar-refractivity contribution is 0.0117. The van der Waals surface area contributed by atoms with Gasteiger partial charge in [0.2, 0.25) is 5.82 Å². The molecule has 5 aromatic heterocycles. The number of imidazole rings is 1. The molecule has 0 saturated carbocycles. The Kier molecular flexibility index (Phi) is 6.61. The van der Waals surface area contributed by atoms with Crippen LogP contribution in [-0.4, -0.2) is 65.5 Å². The molecular weight excluding hydrogens is 581 g/mol. The highest BCUT2D eigenvalue weighted by Gasteiger charge is 2.47. The smallest absolute Gasteiger partial charge is 0.234 e. The van der Waals surface area contributed by atoms with Crippen LogP contribution in [0.25, 0.3) is 39.5 Å². The minimum Gasteiger partial charge on any atom is -0.383 e. The van der Waals surface area contributed by atoms with Gasteiger partial charge < -0.3 is 10.6 Å². The van der Waals surface area contributed by atoms with Gasteiger partial charge in [-0.25, -0.2) is 24.3 Å². The van der Waals surface area contributed by atoms with E-state index in [9.17, 15) is 4.39 Å². The second-order valence-electron chi connectivity index (χ2n) is 12.0. The quantitative estimate of drug-likeness (QED) is 0.284. The molecule has 0 atom stereocenters. The number of benzene rings is 1. The van der Waals surface area contributed by atoms with E-state index < -0.39 is 5.82 Å². The van der Waals surface area contributed by atoms with Crippen LogP contribution >= 0.6 is 0 Å². The summed E-state index contributed by atoms with van der Waals surface area (Å²) >= 11 is 0. The van der Waals surface area contributed by atoms with Gasteiger partial charge in [-0.1, -0.05) is 12.1 Å². The fourth-order valence-electron chi connectivity index (χ4n) is 6.69. The van der Waals surface area contributed by atoms with Crippen LogP contribution in [-0.2, 0) is 6.54 Å². The molecule has 8 rings (SSSR count). The van der Waals surface area contributed by atoms with Crippen molar-refractivity contribution < 1.29 is 4.39 Å². The van der Waals surface area contributed by atoms with Gasteiger partial charge >= 0.3 is 0 Å². The number of anilines is 2. The van der Waals surface area contributed by atoms with Crippen LogP contribution in [0.4, 0.5) is 16.0 Å². The van der Waals surface area contributed by atoms with Crippen molar-refractivity contribution in [1.82, 2.24) is 39.4 Å². The molecule has 2 aliphatic heterocycles. The fourth-order valence-corrected chi connectivity index (χ4v) is 6.69. The van der Waals surface area contributed by atoms with Crippen LogP contribution in [0.3, 0.4) is 0 Å². The van der Waals surface area contributed by atoms with Crippen LogP contribution in [0.1, 0.15) is 17.8 Å². The molecule has 226 valence electrons. The van der Waals surface area contributed by atoms with E-state index in [4.69, 9.17) is 16.0 Å². The fraction of sp³-hybridized carbons (Fsp3) is 0.206. The molecular formula is C34H28FN11. The molecule has 46 heavy (non-hydrogen) atoms. The van der Waals surface area contributed by atoms with Crippen molar-refractivity contribution in [2.24, 2.45) is 5.41 Å². The number of aromatic nitrogens is 7. The van der Waals surface area contributed by atoms with E-state index in [1.807, 2.05) is 30.3 Å². The minimum atomic E-state index is -0.403. The first-order valence-corrected chi connectivity index (χ1v) is 15.0. The summed E-state index contributed by atoms with van der Waals surface area (Å²) in [5.74, 6) is 1.67. The van der Waals surface area contributed by atoms with Crippen LogP contribution < -0.4 is 10.6 Å². The highest BCUT2D eigenvalue weighted by Crippen LogP contribution is 2.41. The second kappa shape index (κ2) is 11.0. The number of hydrogen-bond acceptors (Lipinski definition) is 10. The van der Waals surface area contributed by atoms with E-state index >= 15 is 0 Å². The van der Waals surface area contributed by atoms with E-state index in [0.717, 1.165) is 56.2 Å². The Labute approximate surface area is 263 Å². The summed E-state index contributed by atoms with van der Waals surface area (Å²) in [5, 5.41) is 9.17. The van der Waals surface area contributed by atoms with Crippen LogP contribution in [0, 0.1) is 22.6 Å². The van der Waals surface area contributed by atoms with Crippen molar-refractivity contribution in [2.75, 3.05) is 36.8 Å². The van der Waals surface area contributed by atoms with Crippen molar-refractivity contribution in [3.05, 3.63) is 103 Å². The lowest BCUT2D eigenvalue weighted by Crippen LogP contribution is -2.56. The maximum absolute atomic E-state index is 13.6. The molecule has 7 heterocycles. The molecule has 0 bridgehead atoms. The first-order valence-electron chi connectivity index (χ1n) is 15.0. The van der Waals surface area contributed by atoms with Crippen LogP contribution in [0.2, 0.25) is 0 Å². The Morgan fingerprint density at radius 1 is 0.891 bits per heavy atom. The SMILES string of the molecule is N#Cc1nccc(N2CCC3(CN(Cc4ccc(-n5c(-c6cccnc6N)nc6cnc(-c7ccc(F)cn7)cc65)cc4)C3)C2)n1. The Morgan fingerprint density at radius 2 is 1.74 bits per heavy atom. The maximum atomic E-state index is 13.6. The van der Waals surface area contributed by atoms with Crippen molar-refractivity contribution in [3.8, 4) is 34.5 Å². The molecule has 12 heteroatoms. The highest BCUT2D eigenvalue weighted by atomic mass is 19.1. The number of nitrogens with zero attached hydrogens (tertiary/aromatic N) is 10. The summed E-state index contributed by atoms with van der Waals surface area (Å²) in [4.78, 5) is 31.1. The second-order valence-corrected chi connectivity index (χ2v) is 12.0. The zero-order valence-corrected chi connectivity index (χ0v) is 24.8. The van der Waals surface area contributed by atoms with E-state index in [1.54, 1.807) is 24.7 Å². The first kappa shape index (κ1) is 27.7. The molecule has 0 radical (unpaired) electrons. The molecule has 0 aliphatic carbocycles. The standard InChI is InChI=1S/C34H28FN11/c35-23-5-8-26(40-16-23)27-14-29-28(17-41-27)42-33(25-2-1-11-39-32(25)37)46(29)24-6-3-22(4-7-24)18-44-19-34(20-44)10-13-45(21-34)31-9-12-38-30(15-36)43-31/h1-9,11-12,14,16-17H,10,13,18-21H2,(H2,37,39). The Bertz CT molecular complexity index is 2110. The third-order valence-corrected chi connectivity index (χ3v) is 8.83. The predicted octanol–water partition coefficient (Wildman–Crippen LogP) is 4.64. The maximum Gasteiger partial charge on any atom is 0.234 e. The highest BCUT2D eigenvalue weighted by molar-refractivity contribution is 5.87. The average Bonchev–Trinajstić information content (AvgIpc) is 3.68. The van der Waals surface area contributed by atoms with Gasteiger partial charge in [-0.3, -0.25) is 19.4 Å². The summed E-state index contributed by atoms with van der Waals surface area (Å²) in [6.07, 6.45) is 7.30. The van der Waals surface area contributed by atoms with Gasteiger partial charge in [0.15, 0.2) is 0 Å². The first-order chi connectivity index (χ1) is 22.5. The van der Waals surface area contributed by atoms with Gasteiger partial charge in [-0.2, -0.15) is 5.26 Å². The molecule has 0 unspecified atom stereocenters. The molecule has 2 N–H and O–H groups in total. The Morgan fingerprint density at radius 3 is 2.52 bits per heavy atom. The van der Waals surface area contributed by atoms with Crippen LogP contribution in [0.15, 0.2) is 85.5 Å². The molecule has 2 aliphatic rings. The summed E-state index contributed by atoms with van der Waals surface area (Å²) in [5.41, 5.74) is 12.1. The van der Waals surface area contributed by atoms with Crippen molar-refractivity contribution in [2.45, 2.75) is 13.0 Å². The van der Waals surface area contributed by atoms with Gasteiger partial charge in [-0.15, -0.1) is 0 Å². The zero-order valence-electron chi connectivity index (χ0n) is 24.8. The normalized spacial score (nSPS) is 15.7. The third-order valence-electron chi connectivity index (χ3n) is 8.83. The van der Waals surface area contributed by atoms with E-state index in [2.05, 4.69) is 63.6 Å². The molecule has 2 saturated heterocycles. The minimum absolute atomic E-state index is 0.207.